The molecule has 0 radical (unpaired) electrons. The lowest BCUT2D eigenvalue weighted by atomic mass is 9.82. The van der Waals surface area contributed by atoms with Gasteiger partial charge in [0.2, 0.25) is 0 Å². The second-order valence-corrected chi connectivity index (χ2v) is 5.15. The monoisotopic (exact) mass is 220 g/mol. The van der Waals surface area contributed by atoms with Crippen molar-refractivity contribution in [3.05, 3.63) is 12.4 Å². The Morgan fingerprint density at radius 2 is 2.12 bits per heavy atom. The highest BCUT2D eigenvalue weighted by Gasteiger charge is 2.35. The SMILES string of the molecule is CN1C2CCCC1CC(Nc1ncc[nH]1)C2. The van der Waals surface area contributed by atoms with Crippen LogP contribution in [0.1, 0.15) is 32.1 Å². The lowest BCUT2D eigenvalue weighted by Crippen LogP contribution is -2.52. The number of anilines is 1. The highest BCUT2D eigenvalue weighted by atomic mass is 15.2. The average Bonchev–Trinajstić information content (AvgIpc) is 2.72. The molecule has 2 atom stereocenters. The summed E-state index contributed by atoms with van der Waals surface area (Å²) in [5.41, 5.74) is 0. The largest absolute Gasteiger partial charge is 0.353 e. The van der Waals surface area contributed by atoms with Crippen LogP contribution in [0.5, 0.6) is 0 Å². The molecule has 4 heteroatoms. The van der Waals surface area contributed by atoms with E-state index in [-0.39, 0.29) is 0 Å². The molecule has 88 valence electrons. The minimum Gasteiger partial charge on any atom is -0.353 e. The molecule has 0 aromatic carbocycles. The summed E-state index contributed by atoms with van der Waals surface area (Å²) in [6, 6.07) is 2.15. The van der Waals surface area contributed by atoms with Crippen molar-refractivity contribution >= 4 is 5.95 Å². The normalized spacial score (nSPS) is 34.9. The van der Waals surface area contributed by atoms with E-state index < -0.39 is 0 Å². The van der Waals surface area contributed by atoms with E-state index in [2.05, 4.69) is 27.2 Å². The molecule has 0 aliphatic carbocycles. The number of hydrogen-bond acceptors (Lipinski definition) is 3. The van der Waals surface area contributed by atoms with Crippen LogP contribution in [0.25, 0.3) is 0 Å². The Hall–Kier alpha value is -1.03. The minimum atomic E-state index is 0.595. The van der Waals surface area contributed by atoms with Gasteiger partial charge < -0.3 is 15.2 Å². The molecule has 3 heterocycles. The number of fused-ring (bicyclic) bond motifs is 2. The molecule has 2 saturated heterocycles. The summed E-state index contributed by atoms with van der Waals surface area (Å²) in [6.45, 7) is 0. The fourth-order valence-corrected chi connectivity index (χ4v) is 3.27. The summed E-state index contributed by atoms with van der Waals surface area (Å²) in [6.07, 6.45) is 10.3. The number of nitrogens with one attached hydrogen (secondary N) is 2. The van der Waals surface area contributed by atoms with Crippen LogP contribution in [-0.2, 0) is 0 Å². The molecule has 2 N–H and O–H groups in total. The van der Waals surface area contributed by atoms with E-state index >= 15 is 0 Å². The van der Waals surface area contributed by atoms with Crippen molar-refractivity contribution in [2.45, 2.75) is 50.2 Å². The second kappa shape index (κ2) is 4.09. The number of aromatic nitrogens is 2. The van der Waals surface area contributed by atoms with Crippen molar-refractivity contribution in [1.29, 1.82) is 0 Å². The number of nitrogens with zero attached hydrogens (tertiary/aromatic N) is 2. The Morgan fingerprint density at radius 3 is 2.75 bits per heavy atom. The van der Waals surface area contributed by atoms with Gasteiger partial charge in [-0.05, 0) is 32.7 Å². The molecular weight excluding hydrogens is 200 g/mol. The zero-order valence-electron chi connectivity index (χ0n) is 9.82. The lowest BCUT2D eigenvalue weighted by molar-refractivity contribution is 0.0607. The number of imidazole rings is 1. The third-order valence-corrected chi connectivity index (χ3v) is 4.18. The maximum Gasteiger partial charge on any atom is 0.200 e. The van der Waals surface area contributed by atoms with Gasteiger partial charge in [0.15, 0.2) is 5.95 Å². The van der Waals surface area contributed by atoms with Crippen LogP contribution in [0.4, 0.5) is 5.95 Å². The Bertz CT molecular complexity index is 321. The number of H-pyrrole nitrogens is 1. The van der Waals surface area contributed by atoms with E-state index in [0.29, 0.717) is 6.04 Å². The summed E-state index contributed by atoms with van der Waals surface area (Å²) in [5, 5.41) is 3.52. The summed E-state index contributed by atoms with van der Waals surface area (Å²) in [4.78, 5) is 9.96. The summed E-state index contributed by atoms with van der Waals surface area (Å²) < 4.78 is 0. The van der Waals surface area contributed by atoms with Crippen LogP contribution in [-0.4, -0.2) is 40.0 Å². The molecule has 1 aromatic heterocycles. The van der Waals surface area contributed by atoms with Crippen LogP contribution < -0.4 is 5.32 Å². The first-order valence-electron chi connectivity index (χ1n) is 6.31. The topological polar surface area (TPSA) is 44.0 Å². The summed E-state index contributed by atoms with van der Waals surface area (Å²) in [7, 11) is 2.29. The molecule has 2 aliphatic heterocycles. The fourth-order valence-electron chi connectivity index (χ4n) is 3.27. The van der Waals surface area contributed by atoms with Gasteiger partial charge in [-0.2, -0.15) is 0 Å². The van der Waals surface area contributed by atoms with Crippen LogP contribution in [0, 0.1) is 0 Å². The van der Waals surface area contributed by atoms with Gasteiger partial charge in [0.1, 0.15) is 0 Å². The molecule has 1 aromatic rings. The van der Waals surface area contributed by atoms with Crippen LogP contribution >= 0.6 is 0 Å². The summed E-state index contributed by atoms with van der Waals surface area (Å²) in [5.74, 6) is 0.924. The van der Waals surface area contributed by atoms with Gasteiger partial charge in [0.05, 0.1) is 0 Å². The van der Waals surface area contributed by atoms with Crippen molar-refractivity contribution in [1.82, 2.24) is 14.9 Å². The lowest BCUT2D eigenvalue weighted by Gasteiger charge is -2.47. The Morgan fingerprint density at radius 1 is 1.38 bits per heavy atom. The zero-order valence-corrected chi connectivity index (χ0v) is 9.82. The van der Waals surface area contributed by atoms with Crippen LogP contribution in [0.2, 0.25) is 0 Å². The quantitative estimate of drug-likeness (QED) is 0.799. The first kappa shape index (κ1) is 10.1. The number of aromatic amines is 1. The zero-order chi connectivity index (χ0) is 11.0. The molecule has 0 spiro atoms. The van der Waals surface area contributed by atoms with Crippen molar-refractivity contribution < 1.29 is 0 Å². The van der Waals surface area contributed by atoms with Crippen molar-refractivity contribution in [3.8, 4) is 0 Å². The molecular formula is C12H20N4. The van der Waals surface area contributed by atoms with Gasteiger partial charge in [-0.1, -0.05) is 6.42 Å². The molecule has 2 aliphatic rings. The Kier molecular flexibility index (Phi) is 2.59. The van der Waals surface area contributed by atoms with E-state index in [0.717, 1.165) is 18.0 Å². The number of rotatable bonds is 2. The molecule has 2 fully saturated rings. The van der Waals surface area contributed by atoms with Gasteiger partial charge in [0, 0.05) is 30.5 Å². The first-order chi connectivity index (χ1) is 7.83. The van der Waals surface area contributed by atoms with Gasteiger partial charge in [0.25, 0.3) is 0 Å². The van der Waals surface area contributed by atoms with Gasteiger partial charge in [-0.3, -0.25) is 0 Å². The second-order valence-electron chi connectivity index (χ2n) is 5.15. The van der Waals surface area contributed by atoms with Gasteiger partial charge >= 0.3 is 0 Å². The molecule has 16 heavy (non-hydrogen) atoms. The third kappa shape index (κ3) is 1.82. The predicted molar refractivity (Wildman–Crippen MR) is 64.4 cm³/mol. The maximum atomic E-state index is 4.24. The maximum absolute atomic E-state index is 4.24. The number of hydrogen-bond donors (Lipinski definition) is 2. The molecule has 2 unspecified atom stereocenters. The van der Waals surface area contributed by atoms with E-state index in [1.165, 1.54) is 32.1 Å². The van der Waals surface area contributed by atoms with Gasteiger partial charge in [-0.25, -0.2) is 4.98 Å². The fraction of sp³-hybridized carbons (Fsp3) is 0.750. The predicted octanol–water partition coefficient (Wildman–Crippen LogP) is 1.84. The average molecular weight is 220 g/mol. The molecule has 4 nitrogen and oxygen atoms in total. The summed E-state index contributed by atoms with van der Waals surface area (Å²) >= 11 is 0. The Labute approximate surface area is 96.4 Å². The number of piperidine rings is 2. The smallest absolute Gasteiger partial charge is 0.200 e. The van der Waals surface area contributed by atoms with Crippen LogP contribution in [0.15, 0.2) is 12.4 Å². The van der Waals surface area contributed by atoms with E-state index in [4.69, 9.17) is 0 Å². The highest BCUT2D eigenvalue weighted by molar-refractivity contribution is 5.25. The molecule has 2 bridgehead atoms. The van der Waals surface area contributed by atoms with Gasteiger partial charge in [-0.15, -0.1) is 0 Å². The standard InChI is InChI=1S/C12H20N4/c1-16-10-3-2-4-11(16)8-9(7-10)15-12-13-5-6-14-12/h5-6,9-11H,2-4,7-8H2,1H3,(H2,13,14,15). The molecule has 0 amide bonds. The van der Waals surface area contributed by atoms with Crippen molar-refractivity contribution in [2.75, 3.05) is 12.4 Å². The molecule has 3 rings (SSSR count). The van der Waals surface area contributed by atoms with Crippen molar-refractivity contribution in [3.63, 3.8) is 0 Å². The Balaban J connectivity index is 1.66. The van der Waals surface area contributed by atoms with Crippen LogP contribution in [0.3, 0.4) is 0 Å². The third-order valence-electron chi connectivity index (χ3n) is 4.18. The molecule has 0 saturated carbocycles. The first-order valence-corrected chi connectivity index (χ1v) is 6.31. The van der Waals surface area contributed by atoms with E-state index in [1.807, 2.05) is 6.20 Å². The minimum absolute atomic E-state index is 0.595. The van der Waals surface area contributed by atoms with Crippen molar-refractivity contribution in [2.24, 2.45) is 0 Å². The van der Waals surface area contributed by atoms with E-state index in [1.54, 1.807) is 6.20 Å². The van der Waals surface area contributed by atoms with E-state index in [9.17, 15) is 0 Å². The highest BCUT2D eigenvalue weighted by Crippen LogP contribution is 2.33.